The van der Waals surface area contributed by atoms with Gasteiger partial charge in [0.25, 0.3) is 5.91 Å². The molecule has 0 spiro atoms. The maximum Gasteiger partial charge on any atom is 0.311 e. The highest BCUT2D eigenvalue weighted by molar-refractivity contribution is 6.31. The number of rotatable bonds is 7. The van der Waals surface area contributed by atoms with Crippen LogP contribution in [0.3, 0.4) is 0 Å². The average molecular weight is 417 g/mol. The minimum atomic E-state index is -0.598. The Kier molecular flexibility index (Phi) is 6.72. The van der Waals surface area contributed by atoms with Gasteiger partial charge in [0.2, 0.25) is 5.91 Å². The maximum absolute atomic E-state index is 12.3. The van der Waals surface area contributed by atoms with Gasteiger partial charge in [0, 0.05) is 30.2 Å². The number of ether oxygens (including phenoxy) is 2. The summed E-state index contributed by atoms with van der Waals surface area (Å²) in [5, 5.41) is 3.20. The molecule has 0 unspecified atom stereocenters. The Morgan fingerprint density at radius 2 is 1.90 bits per heavy atom. The highest BCUT2D eigenvalue weighted by atomic mass is 35.5. The first-order chi connectivity index (χ1) is 14.0. The van der Waals surface area contributed by atoms with E-state index in [4.69, 9.17) is 21.1 Å². The quantitative estimate of drug-likeness (QED) is 0.701. The van der Waals surface area contributed by atoms with E-state index in [9.17, 15) is 14.4 Å². The molecule has 7 nitrogen and oxygen atoms in total. The second-order valence-electron chi connectivity index (χ2n) is 6.65. The predicted octanol–water partition coefficient (Wildman–Crippen LogP) is 2.88. The fourth-order valence-corrected chi connectivity index (χ4v) is 3.24. The summed E-state index contributed by atoms with van der Waals surface area (Å²) in [5.74, 6) is -1.10. The first-order valence-electron chi connectivity index (χ1n) is 9.08. The fourth-order valence-electron chi connectivity index (χ4n) is 3.04. The van der Waals surface area contributed by atoms with Gasteiger partial charge < -0.3 is 19.7 Å². The van der Waals surface area contributed by atoms with E-state index in [2.05, 4.69) is 5.32 Å². The van der Waals surface area contributed by atoms with Crippen LogP contribution in [0.4, 0.5) is 5.69 Å². The molecule has 3 rings (SSSR count). The Morgan fingerprint density at radius 1 is 1.17 bits per heavy atom. The van der Waals surface area contributed by atoms with E-state index in [0.29, 0.717) is 23.0 Å². The van der Waals surface area contributed by atoms with Gasteiger partial charge in [0.05, 0.1) is 13.0 Å². The van der Waals surface area contributed by atoms with Crippen molar-refractivity contribution in [2.45, 2.75) is 13.0 Å². The van der Waals surface area contributed by atoms with Gasteiger partial charge in [-0.1, -0.05) is 29.8 Å². The van der Waals surface area contributed by atoms with Crippen molar-refractivity contribution in [1.82, 2.24) is 4.90 Å². The van der Waals surface area contributed by atoms with E-state index in [1.807, 2.05) is 18.2 Å². The second-order valence-corrected chi connectivity index (χ2v) is 7.06. The van der Waals surface area contributed by atoms with Crippen LogP contribution in [-0.2, 0) is 25.7 Å². The number of methoxy groups -OCH3 is 1. The fraction of sp³-hybridized carbons (Fsp3) is 0.286. The summed E-state index contributed by atoms with van der Waals surface area (Å²) in [4.78, 5) is 38.1. The summed E-state index contributed by atoms with van der Waals surface area (Å²) in [5.41, 5.74) is 1.38. The summed E-state index contributed by atoms with van der Waals surface area (Å²) in [6, 6.07) is 14.0. The van der Waals surface area contributed by atoms with Crippen LogP contribution in [0.5, 0.6) is 5.75 Å². The standard InChI is InChI=1S/C21H21ClN2O5/c1-28-17-8-6-16(7-9-17)23-19(25)13-29-21(27)15-10-20(26)24(12-15)11-14-4-2-3-5-18(14)22/h2-9,15H,10-13H2,1H3,(H,23,25)/t15-/m1/s1. The summed E-state index contributed by atoms with van der Waals surface area (Å²) in [7, 11) is 1.55. The van der Waals surface area contributed by atoms with Crippen molar-refractivity contribution in [1.29, 1.82) is 0 Å². The monoisotopic (exact) mass is 416 g/mol. The third kappa shape index (κ3) is 5.48. The van der Waals surface area contributed by atoms with E-state index in [-0.39, 0.29) is 18.9 Å². The molecule has 0 aromatic heterocycles. The predicted molar refractivity (Wildman–Crippen MR) is 108 cm³/mol. The molecule has 2 amide bonds. The number of carbonyl (C=O) groups excluding carboxylic acids is 3. The number of esters is 1. The van der Waals surface area contributed by atoms with Crippen LogP contribution in [0.25, 0.3) is 0 Å². The molecule has 2 aromatic rings. The molecule has 8 heteroatoms. The van der Waals surface area contributed by atoms with Gasteiger partial charge >= 0.3 is 5.97 Å². The largest absolute Gasteiger partial charge is 0.497 e. The number of amides is 2. The van der Waals surface area contributed by atoms with Crippen molar-refractivity contribution in [2.24, 2.45) is 5.92 Å². The zero-order chi connectivity index (χ0) is 20.8. The van der Waals surface area contributed by atoms with Crippen LogP contribution in [0.1, 0.15) is 12.0 Å². The van der Waals surface area contributed by atoms with Crippen molar-refractivity contribution in [3.05, 3.63) is 59.1 Å². The van der Waals surface area contributed by atoms with E-state index in [1.165, 1.54) is 0 Å². The average Bonchev–Trinajstić information content (AvgIpc) is 3.09. The lowest BCUT2D eigenvalue weighted by molar-refractivity contribution is -0.151. The lowest BCUT2D eigenvalue weighted by Gasteiger charge is -2.17. The molecule has 0 aliphatic carbocycles. The second kappa shape index (κ2) is 9.43. The van der Waals surface area contributed by atoms with E-state index in [1.54, 1.807) is 42.3 Å². The highest BCUT2D eigenvalue weighted by Crippen LogP contribution is 2.24. The first kappa shape index (κ1) is 20.7. The molecule has 0 saturated carbocycles. The lowest BCUT2D eigenvalue weighted by atomic mass is 10.1. The molecular weight excluding hydrogens is 396 g/mol. The Balaban J connectivity index is 1.47. The maximum atomic E-state index is 12.3. The van der Waals surface area contributed by atoms with Crippen molar-refractivity contribution in [2.75, 3.05) is 25.6 Å². The number of benzene rings is 2. The van der Waals surface area contributed by atoms with Crippen LogP contribution in [0.2, 0.25) is 5.02 Å². The molecule has 1 aliphatic rings. The number of nitrogens with one attached hydrogen (secondary N) is 1. The van der Waals surface area contributed by atoms with Gasteiger partial charge in [-0.05, 0) is 35.9 Å². The van der Waals surface area contributed by atoms with Gasteiger partial charge in [-0.2, -0.15) is 0 Å². The molecule has 1 aliphatic heterocycles. The van der Waals surface area contributed by atoms with E-state index in [0.717, 1.165) is 5.56 Å². The van der Waals surface area contributed by atoms with Gasteiger partial charge in [-0.25, -0.2) is 0 Å². The van der Waals surface area contributed by atoms with Crippen LogP contribution in [-0.4, -0.2) is 42.9 Å². The van der Waals surface area contributed by atoms with Crippen LogP contribution in [0.15, 0.2) is 48.5 Å². The Hall–Kier alpha value is -3.06. The summed E-state index contributed by atoms with van der Waals surface area (Å²) in [6.45, 7) is 0.156. The van der Waals surface area contributed by atoms with Crippen molar-refractivity contribution >= 4 is 35.1 Å². The van der Waals surface area contributed by atoms with Crippen molar-refractivity contribution < 1.29 is 23.9 Å². The molecular formula is C21H21ClN2O5. The molecule has 1 heterocycles. The Bertz CT molecular complexity index is 900. The molecule has 1 saturated heterocycles. The molecule has 0 radical (unpaired) electrons. The Labute approximate surface area is 173 Å². The number of nitrogens with zero attached hydrogens (tertiary/aromatic N) is 1. The zero-order valence-electron chi connectivity index (χ0n) is 15.9. The zero-order valence-corrected chi connectivity index (χ0v) is 16.6. The number of hydrogen-bond acceptors (Lipinski definition) is 5. The van der Waals surface area contributed by atoms with Crippen LogP contribution < -0.4 is 10.1 Å². The summed E-state index contributed by atoms with van der Waals surface area (Å²) in [6.07, 6.45) is 0.0589. The molecule has 29 heavy (non-hydrogen) atoms. The number of hydrogen-bond donors (Lipinski definition) is 1. The molecule has 1 fully saturated rings. The van der Waals surface area contributed by atoms with Gasteiger partial charge in [-0.15, -0.1) is 0 Å². The third-order valence-corrected chi connectivity index (χ3v) is 4.95. The SMILES string of the molecule is COc1ccc(NC(=O)COC(=O)[C@@H]2CC(=O)N(Cc3ccccc3Cl)C2)cc1. The van der Waals surface area contributed by atoms with Crippen molar-refractivity contribution in [3.63, 3.8) is 0 Å². The first-order valence-corrected chi connectivity index (χ1v) is 9.46. The summed E-state index contributed by atoms with van der Waals surface area (Å²) < 4.78 is 10.1. The minimum Gasteiger partial charge on any atom is -0.497 e. The van der Waals surface area contributed by atoms with Gasteiger partial charge in [0.1, 0.15) is 5.75 Å². The third-order valence-electron chi connectivity index (χ3n) is 4.59. The van der Waals surface area contributed by atoms with Gasteiger partial charge in [0.15, 0.2) is 6.61 Å². The molecule has 0 bridgehead atoms. The summed E-state index contributed by atoms with van der Waals surface area (Å²) >= 11 is 6.14. The normalized spacial score (nSPS) is 15.9. The van der Waals surface area contributed by atoms with Crippen LogP contribution in [0, 0.1) is 5.92 Å². The Morgan fingerprint density at radius 3 is 2.59 bits per heavy atom. The minimum absolute atomic E-state index is 0.0589. The number of halogens is 1. The van der Waals surface area contributed by atoms with E-state index >= 15 is 0 Å². The number of anilines is 1. The number of likely N-dealkylation sites (tertiary alicyclic amines) is 1. The molecule has 1 atom stereocenters. The highest BCUT2D eigenvalue weighted by Gasteiger charge is 2.35. The van der Waals surface area contributed by atoms with Crippen LogP contribution >= 0.6 is 11.6 Å². The topological polar surface area (TPSA) is 84.9 Å². The van der Waals surface area contributed by atoms with Gasteiger partial charge in [-0.3, -0.25) is 14.4 Å². The number of carbonyl (C=O) groups is 3. The lowest BCUT2D eigenvalue weighted by Crippen LogP contribution is -2.28. The van der Waals surface area contributed by atoms with E-state index < -0.39 is 24.4 Å². The molecule has 152 valence electrons. The molecule has 1 N–H and O–H groups in total. The smallest absolute Gasteiger partial charge is 0.311 e. The van der Waals surface area contributed by atoms with Crippen molar-refractivity contribution in [3.8, 4) is 5.75 Å². The molecule has 2 aromatic carbocycles.